The standard InChI is InChI=1S/C39H47BrFN7O4/c1-24-18-33(31(41)20-30(24)29-8-9-34(49)44-36(29)50)47-14-10-39(11-15-47)12-16-48(17-13-39)37(51)26-6-4-25(5-7-26)27-19-28(23-45(2)22-27)43-32-21-42-46(3)38(52)35(32)40/h4-7,18,20-21,27-29,43H,8-17,19,22-23H2,1-3H3,(H,44,49,50)/t27-,28+,29?/m1/s1. The zero-order chi connectivity index (χ0) is 36.7. The number of aryl methyl sites for hydroxylation is 2. The number of hydrogen-bond donors (Lipinski definition) is 2. The molecule has 2 N–H and O–H groups in total. The quantitative estimate of drug-likeness (QED) is 0.339. The highest BCUT2D eigenvalue weighted by molar-refractivity contribution is 9.10. The van der Waals surface area contributed by atoms with Crippen molar-refractivity contribution in [2.45, 2.75) is 69.7 Å². The van der Waals surface area contributed by atoms with Gasteiger partial charge in [0.2, 0.25) is 11.8 Å². The molecule has 7 rings (SSSR count). The van der Waals surface area contributed by atoms with Crippen molar-refractivity contribution >= 4 is 45.0 Å². The smallest absolute Gasteiger partial charge is 0.282 e. The van der Waals surface area contributed by atoms with E-state index in [1.165, 1.54) is 16.3 Å². The van der Waals surface area contributed by atoms with Crippen molar-refractivity contribution in [3.8, 4) is 0 Å². The number of nitrogens with one attached hydrogen (secondary N) is 2. The average Bonchev–Trinajstić information content (AvgIpc) is 3.13. The van der Waals surface area contributed by atoms with Gasteiger partial charge in [0.15, 0.2) is 0 Å². The summed E-state index contributed by atoms with van der Waals surface area (Å²) in [6.45, 7) is 6.57. The van der Waals surface area contributed by atoms with E-state index >= 15 is 4.39 Å². The van der Waals surface area contributed by atoms with E-state index in [9.17, 15) is 19.2 Å². The molecule has 1 spiro atoms. The highest BCUT2D eigenvalue weighted by Crippen LogP contribution is 2.43. The Morgan fingerprint density at radius 3 is 2.38 bits per heavy atom. The first-order valence-corrected chi connectivity index (χ1v) is 19.1. The number of likely N-dealkylation sites (tertiary alicyclic amines) is 2. The van der Waals surface area contributed by atoms with Crippen LogP contribution in [-0.4, -0.2) is 89.7 Å². The number of likely N-dealkylation sites (N-methyl/N-ethyl adjacent to an activating group) is 1. The zero-order valence-corrected chi connectivity index (χ0v) is 31.7. The Morgan fingerprint density at radius 2 is 1.69 bits per heavy atom. The number of hydrogen-bond acceptors (Lipinski definition) is 8. The summed E-state index contributed by atoms with van der Waals surface area (Å²) in [6, 6.07) is 11.6. The SMILES string of the molecule is Cc1cc(N2CCC3(CCN(C(=O)c4ccc([C@@H]5C[C@H](Nc6cnn(C)c(=O)c6Br)CN(C)C5)cc4)CC3)CC2)c(F)cc1C1CCC(=O)NC1=O. The second kappa shape index (κ2) is 14.7. The molecular weight excluding hydrogens is 729 g/mol. The molecule has 5 heterocycles. The maximum atomic E-state index is 15.5. The fourth-order valence-corrected chi connectivity index (χ4v) is 9.25. The Morgan fingerprint density at radius 1 is 1.00 bits per heavy atom. The number of carbonyl (C=O) groups is 3. The number of imide groups is 1. The maximum absolute atomic E-state index is 15.5. The summed E-state index contributed by atoms with van der Waals surface area (Å²) in [7, 11) is 3.73. The summed E-state index contributed by atoms with van der Waals surface area (Å²) in [4.78, 5) is 56.4. The molecule has 11 nitrogen and oxygen atoms in total. The summed E-state index contributed by atoms with van der Waals surface area (Å²) in [5, 5.41) is 10.1. The van der Waals surface area contributed by atoms with Crippen molar-refractivity contribution in [1.82, 2.24) is 24.9 Å². The monoisotopic (exact) mass is 775 g/mol. The number of carbonyl (C=O) groups excluding carboxylic acids is 3. The van der Waals surface area contributed by atoms with Crippen LogP contribution in [-0.2, 0) is 16.6 Å². The highest BCUT2D eigenvalue weighted by atomic mass is 79.9. The van der Waals surface area contributed by atoms with Gasteiger partial charge in [-0.1, -0.05) is 12.1 Å². The lowest BCUT2D eigenvalue weighted by Crippen LogP contribution is -2.48. The second-order valence-electron chi connectivity index (χ2n) is 15.4. The van der Waals surface area contributed by atoms with Gasteiger partial charge >= 0.3 is 0 Å². The van der Waals surface area contributed by atoms with Gasteiger partial charge in [-0.15, -0.1) is 0 Å². The molecule has 4 aliphatic heterocycles. The third-order valence-electron chi connectivity index (χ3n) is 11.9. The second-order valence-corrected chi connectivity index (χ2v) is 16.2. The fourth-order valence-electron chi connectivity index (χ4n) is 8.77. The molecule has 4 aliphatic rings. The molecule has 13 heteroatoms. The van der Waals surface area contributed by atoms with Crippen LogP contribution in [0.2, 0.25) is 0 Å². The lowest BCUT2D eigenvalue weighted by atomic mass is 9.71. The van der Waals surface area contributed by atoms with Gasteiger partial charge in [-0.25, -0.2) is 9.07 Å². The predicted octanol–water partition coefficient (Wildman–Crippen LogP) is 4.93. The number of anilines is 2. The number of halogens is 2. The fraction of sp³-hybridized carbons (Fsp3) is 0.513. The van der Waals surface area contributed by atoms with Gasteiger partial charge < -0.3 is 20.0 Å². The van der Waals surface area contributed by atoms with Crippen molar-refractivity contribution in [3.63, 3.8) is 0 Å². The Balaban J connectivity index is 0.923. The van der Waals surface area contributed by atoms with Crippen LogP contribution < -0.4 is 21.1 Å². The van der Waals surface area contributed by atoms with Crippen LogP contribution in [0.5, 0.6) is 0 Å². The topological polar surface area (TPSA) is 120 Å². The van der Waals surface area contributed by atoms with Crippen molar-refractivity contribution in [2.24, 2.45) is 12.5 Å². The molecule has 4 fully saturated rings. The molecule has 3 aromatic rings. The lowest BCUT2D eigenvalue weighted by molar-refractivity contribution is -0.134. The molecule has 3 atom stereocenters. The van der Waals surface area contributed by atoms with Crippen molar-refractivity contribution in [2.75, 3.05) is 56.5 Å². The maximum Gasteiger partial charge on any atom is 0.282 e. The third kappa shape index (κ3) is 7.39. The highest BCUT2D eigenvalue weighted by Gasteiger charge is 2.39. The van der Waals surface area contributed by atoms with Crippen LogP contribution in [0.4, 0.5) is 15.8 Å². The van der Waals surface area contributed by atoms with Crippen LogP contribution in [0.25, 0.3) is 0 Å². The molecule has 276 valence electrons. The molecule has 52 heavy (non-hydrogen) atoms. The molecule has 1 unspecified atom stereocenters. The van der Waals surface area contributed by atoms with E-state index < -0.39 is 5.92 Å². The molecule has 0 radical (unpaired) electrons. The van der Waals surface area contributed by atoms with E-state index in [1.807, 2.05) is 30.0 Å². The van der Waals surface area contributed by atoms with Gasteiger partial charge in [-0.2, -0.15) is 5.10 Å². The van der Waals surface area contributed by atoms with E-state index in [1.54, 1.807) is 13.2 Å². The number of amides is 3. The Kier molecular flexibility index (Phi) is 10.3. The summed E-state index contributed by atoms with van der Waals surface area (Å²) >= 11 is 3.42. The number of benzene rings is 2. The van der Waals surface area contributed by atoms with E-state index in [0.29, 0.717) is 46.5 Å². The van der Waals surface area contributed by atoms with Gasteiger partial charge in [0.05, 0.1) is 23.5 Å². The molecule has 0 saturated carbocycles. The normalized spacial score (nSPS) is 23.8. The van der Waals surface area contributed by atoms with Gasteiger partial charge in [-0.3, -0.25) is 24.5 Å². The Hall–Kier alpha value is -4.10. The number of rotatable bonds is 6. The van der Waals surface area contributed by atoms with Gasteiger partial charge in [0.25, 0.3) is 11.5 Å². The van der Waals surface area contributed by atoms with Crippen LogP contribution in [0.3, 0.4) is 0 Å². The minimum Gasteiger partial charge on any atom is -0.379 e. The van der Waals surface area contributed by atoms with Crippen molar-refractivity contribution < 1.29 is 18.8 Å². The van der Waals surface area contributed by atoms with E-state index in [0.717, 1.165) is 63.8 Å². The number of aromatic nitrogens is 2. The summed E-state index contributed by atoms with van der Waals surface area (Å²) in [5.41, 5.74) is 4.64. The average molecular weight is 777 g/mol. The molecule has 3 amide bonds. The van der Waals surface area contributed by atoms with E-state index in [-0.39, 0.29) is 52.9 Å². The number of nitrogens with zero attached hydrogens (tertiary/aromatic N) is 5. The molecule has 4 saturated heterocycles. The third-order valence-corrected chi connectivity index (χ3v) is 12.7. The first-order chi connectivity index (χ1) is 24.9. The van der Waals surface area contributed by atoms with Crippen LogP contribution in [0.15, 0.2) is 51.9 Å². The van der Waals surface area contributed by atoms with Crippen LogP contribution in [0.1, 0.15) is 83.8 Å². The van der Waals surface area contributed by atoms with Crippen LogP contribution in [0, 0.1) is 18.2 Å². The molecular formula is C39H47BrFN7O4. The van der Waals surface area contributed by atoms with Crippen LogP contribution >= 0.6 is 15.9 Å². The Labute approximate surface area is 312 Å². The summed E-state index contributed by atoms with van der Waals surface area (Å²) in [6.07, 6.45) is 6.98. The largest absolute Gasteiger partial charge is 0.379 e. The molecule has 1 aromatic heterocycles. The predicted molar refractivity (Wildman–Crippen MR) is 201 cm³/mol. The van der Waals surface area contributed by atoms with Gasteiger partial charge in [0, 0.05) is 64.3 Å². The lowest BCUT2D eigenvalue weighted by Gasteiger charge is -2.47. The van der Waals surface area contributed by atoms with Crippen molar-refractivity contribution in [3.05, 3.63) is 85.5 Å². The Bertz CT molecular complexity index is 1920. The first kappa shape index (κ1) is 36.3. The first-order valence-electron chi connectivity index (χ1n) is 18.3. The molecule has 0 aliphatic carbocycles. The van der Waals surface area contributed by atoms with Gasteiger partial charge in [0.1, 0.15) is 10.3 Å². The van der Waals surface area contributed by atoms with E-state index in [2.05, 4.69) is 60.6 Å². The minimum absolute atomic E-state index is 0.0656. The molecule has 0 bridgehead atoms. The minimum atomic E-state index is -0.507. The van der Waals surface area contributed by atoms with Crippen molar-refractivity contribution in [1.29, 1.82) is 0 Å². The summed E-state index contributed by atoms with van der Waals surface area (Å²) in [5.74, 6) is -1.12. The summed E-state index contributed by atoms with van der Waals surface area (Å²) < 4.78 is 17.3. The van der Waals surface area contributed by atoms with E-state index in [4.69, 9.17) is 0 Å². The van der Waals surface area contributed by atoms with Gasteiger partial charge in [-0.05, 0) is 121 Å². The zero-order valence-electron chi connectivity index (χ0n) is 30.1. The number of piperidine rings is 4. The molecule has 2 aromatic carbocycles.